The predicted molar refractivity (Wildman–Crippen MR) is 121 cm³/mol. The van der Waals surface area contributed by atoms with Gasteiger partial charge in [0, 0.05) is 32.0 Å². The van der Waals surface area contributed by atoms with Crippen molar-refractivity contribution in [1.82, 2.24) is 4.90 Å². The molecule has 0 saturated carbocycles. The third-order valence-corrected chi connectivity index (χ3v) is 6.68. The molecule has 0 radical (unpaired) electrons. The predicted octanol–water partition coefficient (Wildman–Crippen LogP) is 4.11. The highest BCUT2D eigenvalue weighted by Crippen LogP contribution is 2.40. The Morgan fingerprint density at radius 3 is 2.47 bits per heavy atom. The van der Waals surface area contributed by atoms with Crippen LogP contribution in [0, 0.1) is 13.8 Å². The monoisotopic (exact) mass is 433 g/mol. The fourth-order valence-electron chi connectivity index (χ4n) is 4.60. The highest BCUT2D eigenvalue weighted by molar-refractivity contribution is 6.00. The lowest BCUT2D eigenvalue weighted by molar-refractivity contribution is -0.129. The fraction of sp³-hybridized carbons (Fsp3) is 0.385. The van der Waals surface area contributed by atoms with Crippen molar-refractivity contribution in [3.63, 3.8) is 0 Å². The summed E-state index contributed by atoms with van der Waals surface area (Å²) in [5, 5.41) is 0. The summed E-state index contributed by atoms with van der Waals surface area (Å²) >= 11 is 0. The molecule has 1 saturated heterocycles. The number of aryl methyl sites for hydroxylation is 2. The summed E-state index contributed by atoms with van der Waals surface area (Å²) in [6.07, 6.45) is 5.06. The third-order valence-electron chi connectivity index (χ3n) is 6.68. The molecule has 2 aromatic rings. The standard InChI is InChI=1S/C26H27NO5/c1-17-13-20-21(28)16-26(32-23(20)14-18(17)2)7-9-27(10-8-26)25(29)6-4-19-3-5-22-24(15-19)31-12-11-30-22/h3-6,13-15H,7-12,16H2,1-2H3/b6-4-. The van der Waals surface area contributed by atoms with Crippen LogP contribution in [0.2, 0.25) is 0 Å². The number of Topliss-reactive ketones (excluding diaryl/α,β-unsaturated/α-hetero) is 1. The molecule has 6 heteroatoms. The van der Waals surface area contributed by atoms with Crippen molar-refractivity contribution < 1.29 is 23.8 Å². The summed E-state index contributed by atoms with van der Waals surface area (Å²) in [6, 6.07) is 9.55. The Bertz CT molecular complexity index is 1110. The Labute approximate surface area is 187 Å². The fourth-order valence-corrected chi connectivity index (χ4v) is 4.60. The first kappa shape index (κ1) is 20.6. The van der Waals surface area contributed by atoms with E-state index in [0.717, 1.165) is 22.4 Å². The average Bonchev–Trinajstić information content (AvgIpc) is 2.79. The Kier molecular flexibility index (Phi) is 5.16. The molecule has 3 aliphatic rings. The molecule has 1 spiro atoms. The number of nitrogens with zero attached hydrogens (tertiary/aromatic N) is 1. The van der Waals surface area contributed by atoms with Gasteiger partial charge in [-0.1, -0.05) is 6.07 Å². The van der Waals surface area contributed by atoms with Gasteiger partial charge in [0.2, 0.25) is 5.91 Å². The van der Waals surface area contributed by atoms with Gasteiger partial charge in [0.05, 0.1) is 12.0 Å². The zero-order chi connectivity index (χ0) is 22.3. The summed E-state index contributed by atoms with van der Waals surface area (Å²) in [7, 11) is 0. The van der Waals surface area contributed by atoms with E-state index < -0.39 is 5.60 Å². The van der Waals surface area contributed by atoms with Crippen LogP contribution in [-0.2, 0) is 4.79 Å². The van der Waals surface area contributed by atoms with Crippen LogP contribution in [0.5, 0.6) is 17.2 Å². The topological polar surface area (TPSA) is 65.1 Å². The molecular weight excluding hydrogens is 406 g/mol. The SMILES string of the molecule is Cc1cc2c(cc1C)C(=O)CC1(CCN(C(=O)/C=C\c3ccc4c(c3)OCCO4)CC1)O2. The number of likely N-dealkylation sites (tertiary alicyclic amines) is 1. The summed E-state index contributed by atoms with van der Waals surface area (Å²) in [5.41, 5.74) is 3.27. The minimum atomic E-state index is -0.512. The van der Waals surface area contributed by atoms with Crippen molar-refractivity contribution in [2.24, 2.45) is 0 Å². The number of benzene rings is 2. The van der Waals surface area contributed by atoms with Crippen LogP contribution in [0.1, 0.15) is 46.3 Å². The molecule has 6 nitrogen and oxygen atoms in total. The first-order valence-corrected chi connectivity index (χ1v) is 11.1. The molecule has 2 aromatic carbocycles. The lowest BCUT2D eigenvalue weighted by atomic mass is 9.82. The molecule has 166 valence electrons. The van der Waals surface area contributed by atoms with Gasteiger partial charge < -0.3 is 19.1 Å². The first-order valence-electron chi connectivity index (χ1n) is 11.1. The molecule has 1 fully saturated rings. The van der Waals surface area contributed by atoms with E-state index in [9.17, 15) is 9.59 Å². The van der Waals surface area contributed by atoms with Crippen molar-refractivity contribution in [2.45, 2.75) is 38.7 Å². The van der Waals surface area contributed by atoms with Crippen LogP contribution >= 0.6 is 0 Å². The number of ether oxygens (including phenoxy) is 3. The maximum absolute atomic E-state index is 12.8. The number of hydrogen-bond acceptors (Lipinski definition) is 5. The molecule has 0 aliphatic carbocycles. The van der Waals surface area contributed by atoms with Crippen LogP contribution in [0.3, 0.4) is 0 Å². The maximum atomic E-state index is 12.8. The number of fused-ring (bicyclic) bond motifs is 2. The first-order chi connectivity index (χ1) is 15.4. The molecule has 0 atom stereocenters. The zero-order valence-corrected chi connectivity index (χ0v) is 18.5. The molecule has 0 unspecified atom stereocenters. The van der Waals surface area contributed by atoms with Gasteiger partial charge in [-0.3, -0.25) is 9.59 Å². The normalized spacial score (nSPS) is 19.1. The van der Waals surface area contributed by atoms with E-state index in [0.29, 0.717) is 62.6 Å². The van der Waals surface area contributed by atoms with Crippen LogP contribution in [0.15, 0.2) is 36.4 Å². The number of carbonyl (C=O) groups excluding carboxylic acids is 2. The van der Waals surface area contributed by atoms with E-state index in [4.69, 9.17) is 14.2 Å². The zero-order valence-electron chi connectivity index (χ0n) is 18.5. The maximum Gasteiger partial charge on any atom is 0.246 e. The van der Waals surface area contributed by atoms with Crippen LogP contribution in [0.25, 0.3) is 6.08 Å². The second kappa shape index (κ2) is 8.01. The van der Waals surface area contributed by atoms with Gasteiger partial charge in [-0.05, 0) is 60.9 Å². The Morgan fingerprint density at radius 2 is 1.69 bits per heavy atom. The van der Waals surface area contributed by atoms with Crippen molar-refractivity contribution in [3.8, 4) is 17.2 Å². The number of amides is 1. The van der Waals surface area contributed by atoms with Gasteiger partial charge in [-0.2, -0.15) is 0 Å². The Balaban J connectivity index is 1.23. The van der Waals surface area contributed by atoms with E-state index >= 15 is 0 Å². The van der Waals surface area contributed by atoms with Crippen molar-refractivity contribution in [2.75, 3.05) is 26.3 Å². The van der Waals surface area contributed by atoms with Gasteiger partial charge in [0.1, 0.15) is 24.6 Å². The van der Waals surface area contributed by atoms with Gasteiger partial charge in [-0.15, -0.1) is 0 Å². The van der Waals surface area contributed by atoms with E-state index in [1.54, 1.807) is 12.2 Å². The molecule has 5 rings (SSSR count). The van der Waals surface area contributed by atoms with Crippen LogP contribution in [0.4, 0.5) is 0 Å². The van der Waals surface area contributed by atoms with Gasteiger partial charge in [-0.25, -0.2) is 0 Å². The summed E-state index contributed by atoms with van der Waals surface area (Å²) in [6.45, 7) is 6.26. The largest absolute Gasteiger partial charge is 0.486 e. The summed E-state index contributed by atoms with van der Waals surface area (Å²) < 4.78 is 17.5. The van der Waals surface area contributed by atoms with Gasteiger partial charge >= 0.3 is 0 Å². The minimum absolute atomic E-state index is 0.0382. The minimum Gasteiger partial charge on any atom is -0.486 e. The molecule has 0 bridgehead atoms. The van der Waals surface area contributed by atoms with Crippen LogP contribution < -0.4 is 14.2 Å². The number of carbonyl (C=O) groups is 2. The molecule has 0 aromatic heterocycles. The highest BCUT2D eigenvalue weighted by atomic mass is 16.6. The van der Waals surface area contributed by atoms with Crippen LogP contribution in [-0.4, -0.2) is 48.5 Å². The Morgan fingerprint density at radius 1 is 0.969 bits per heavy atom. The van der Waals surface area contributed by atoms with Gasteiger partial charge in [0.25, 0.3) is 0 Å². The molecular formula is C26H27NO5. The lowest BCUT2D eigenvalue weighted by Gasteiger charge is -2.44. The van der Waals surface area contributed by atoms with Crippen molar-refractivity contribution >= 4 is 17.8 Å². The van der Waals surface area contributed by atoms with Crippen molar-refractivity contribution in [3.05, 3.63) is 58.7 Å². The molecule has 32 heavy (non-hydrogen) atoms. The lowest BCUT2D eigenvalue weighted by Crippen LogP contribution is -2.52. The summed E-state index contributed by atoms with van der Waals surface area (Å²) in [4.78, 5) is 27.4. The molecule has 3 heterocycles. The third kappa shape index (κ3) is 3.85. The summed E-state index contributed by atoms with van der Waals surface area (Å²) in [5.74, 6) is 2.21. The Hall–Kier alpha value is -3.28. The highest BCUT2D eigenvalue weighted by Gasteiger charge is 2.43. The number of ketones is 1. The number of hydrogen-bond donors (Lipinski definition) is 0. The van der Waals surface area contributed by atoms with Crippen molar-refractivity contribution in [1.29, 1.82) is 0 Å². The molecule has 3 aliphatic heterocycles. The quantitative estimate of drug-likeness (QED) is 0.667. The van der Waals surface area contributed by atoms with E-state index in [2.05, 4.69) is 0 Å². The number of piperidine rings is 1. The second-order valence-corrected chi connectivity index (χ2v) is 8.88. The van der Waals surface area contributed by atoms with E-state index in [1.165, 1.54) is 0 Å². The smallest absolute Gasteiger partial charge is 0.246 e. The van der Waals surface area contributed by atoms with E-state index in [-0.39, 0.29) is 11.7 Å². The van der Waals surface area contributed by atoms with E-state index in [1.807, 2.05) is 49.1 Å². The molecule has 0 N–H and O–H groups in total. The average molecular weight is 434 g/mol. The van der Waals surface area contributed by atoms with Gasteiger partial charge in [0.15, 0.2) is 17.3 Å². The second-order valence-electron chi connectivity index (χ2n) is 8.88. The molecule has 1 amide bonds. The number of rotatable bonds is 2.